The first-order chi connectivity index (χ1) is 11.7. The van der Waals surface area contributed by atoms with Crippen molar-refractivity contribution < 1.29 is 14.6 Å². The first-order valence-corrected chi connectivity index (χ1v) is 9.75. The largest absolute Gasteiger partial charge is 0.469 e. The lowest BCUT2D eigenvalue weighted by atomic mass is 10.1. The van der Waals surface area contributed by atoms with E-state index in [4.69, 9.17) is 0 Å². The molecule has 3 heteroatoms. The van der Waals surface area contributed by atoms with E-state index in [2.05, 4.69) is 36.0 Å². The maximum absolute atomic E-state index is 11.0. The minimum Gasteiger partial charge on any atom is -0.469 e. The summed E-state index contributed by atoms with van der Waals surface area (Å²) < 4.78 is 4.54. The van der Waals surface area contributed by atoms with E-state index in [1.54, 1.807) is 0 Å². The highest BCUT2D eigenvalue weighted by Gasteiger charge is 2.09. The van der Waals surface area contributed by atoms with Crippen LogP contribution < -0.4 is 0 Å². The summed E-state index contributed by atoms with van der Waals surface area (Å²) in [5.41, 5.74) is 0. The van der Waals surface area contributed by atoms with E-state index >= 15 is 0 Å². The molecule has 3 nitrogen and oxygen atoms in total. The number of allylic oxidation sites excluding steroid dienone is 4. The van der Waals surface area contributed by atoms with Gasteiger partial charge in [-0.05, 0) is 38.5 Å². The molecule has 140 valence electrons. The minimum absolute atomic E-state index is 0.119. The maximum atomic E-state index is 11.0. The summed E-state index contributed by atoms with van der Waals surface area (Å²) in [7, 11) is 1.35. The van der Waals surface area contributed by atoms with Crippen molar-refractivity contribution in [2.24, 2.45) is 0 Å². The molecule has 0 radical (unpaired) electrons. The topological polar surface area (TPSA) is 46.5 Å². The molecule has 24 heavy (non-hydrogen) atoms. The number of ether oxygens (including phenoxy) is 1. The van der Waals surface area contributed by atoms with Crippen LogP contribution in [0.5, 0.6) is 0 Å². The fraction of sp³-hybridized carbons (Fsp3) is 0.762. The second-order valence-corrected chi connectivity index (χ2v) is 6.45. The van der Waals surface area contributed by atoms with Gasteiger partial charge in [-0.1, -0.05) is 69.8 Å². The van der Waals surface area contributed by atoms with Gasteiger partial charge in [0.05, 0.1) is 19.6 Å². The lowest BCUT2D eigenvalue weighted by Gasteiger charge is -2.08. The first-order valence-electron chi connectivity index (χ1n) is 9.75. The van der Waals surface area contributed by atoms with Crippen molar-refractivity contribution >= 4 is 5.97 Å². The second-order valence-electron chi connectivity index (χ2n) is 6.45. The molecule has 0 aliphatic rings. The van der Waals surface area contributed by atoms with E-state index in [0.29, 0.717) is 6.42 Å². The third kappa shape index (κ3) is 17.3. The molecule has 0 saturated heterocycles. The van der Waals surface area contributed by atoms with Gasteiger partial charge in [-0.15, -0.1) is 0 Å². The van der Waals surface area contributed by atoms with Gasteiger partial charge in [-0.3, -0.25) is 4.79 Å². The molecule has 0 spiro atoms. The fourth-order valence-electron chi connectivity index (χ4n) is 2.57. The number of carbonyl (C=O) groups excluding carboxylic acids is 1. The van der Waals surface area contributed by atoms with Gasteiger partial charge < -0.3 is 9.84 Å². The van der Waals surface area contributed by atoms with Gasteiger partial charge in [0.2, 0.25) is 0 Å². The highest BCUT2D eigenvalue weighted by Crippen LogP contribution is 2.11. The van der Waals surface area contributed by atoms with Crippen LogP contribution in [0, 0.1) is 0 Å². The Morgan fingerprint density at radius 1 is 0.917 bits per heavy atom. The van der Waals surface area contributed by atoms with Crippen molar-refractivity contribution in [3.63, 3.8) is 0 Å². The highest BCUT2D eigenvalue weighted by molar-refractivity contribution is 5.69. The second kappa shape index (κ2) is 18.3. The van der Waals surface area contributed by atoms with E-state index in [9.17, 15) is 9.90 Å². The van der Waals surface area contributed by atoms with Gasteiger partial charge in [0.15, 0.2) is 0 Å². The Bertz CT molecular complexity index is 334. The number of aliphatic hydroxyl groups is 1. The predicted molar refractivity (Wildman–Crippen MR) is 102 cm³/mol. The number of unbranched alkanes of at least 4 members (excludes halogenated alkanes) is 8. The van der Waals surface area contributed by atoms with Crippen LogP contribution in [-0.2, 0) is 9.53 Å². The third-order valence-electron chi connectivity index (χ3n) is 4.12. The van der Waals surface area contributed by atoms with Crippen molar-refractivity contribution in [3.05, 3.63) is 24.3 Å². The quantitative estimate of drug-likeness (QED) is 0.222. The Morgan fingerprint density at radius 3 is 2.12 bits per heavy atom. The van der Waals surface area contributed by atoms with Crippen LogP contribution >= 0.6 is 0 Å². The molecular weight excluding hydrogens is 300 g/mol. The third-order valence-corrected chi connectivity index (χ3v) is 4.12. The summed E-state index contributed by atoms with van der Waals surface area (Å²) in [6.07, 6.45) is 22.6. The summed E-state index contributed by atoms with van der Waals surface area (Å²) in [4.78, 5) is 11.0. The van der Waals surface area contributed by atoms with Crippen molar-refractivity contribution in [2.45, 2.75) is 96.5 Å². The fourth-order valence-corrected chi connectivity index (χ4v) is 2.57. The van der Waals surface area contributed by atoms with Crippen LogP contribution in [0.4, 0.5) is 0 Å². The summed E-state index contributed by atoms with van der Waals surface area (Å²) in [6, 6.07) is 0. The molecular formula is C21H38O3. The van der Waals surface area contributed by atoms with Gasteiger partial charge in [0, 0.05) is 0 Å². The molecule has 0 bridgehead atoms. The Hall–Kier alpha value is -1.09. The van der Waals surface area contributed by atoms with Gasteiger partial charge in [-0.25, -0.2) is 0 Å². The zero-order valence-electron chi connectivity index (χ0n) is 15.8. The van der Waals surface area contributed by atoms with Crippen molar-refractivity contribution in [2.75, 3.05) is 7.11 Å². The highest BCUT2D eigenvalue weighted by atomic mass is 16.5. The zero-order valence-corrected chi connectivity index (χ0v) is 15.8. The molecule has 0 aromatic carbocycles. The first kappa shape index (κ1) is 22.9. The summed E-state index contributed by atoms with van der Waals surface area (Å²) >= 11 is 0. The lowest BCUT2D eigenvalue weighted by molar-refractivity contribution is -0.142. The van der Waals surface area contributed by atoms with Gasteiger partial charge in [0.1, 0.15) is 0 Å². The standard InChI is InChI=1S/C21H38O3/c1-3-4-5-6-7-8-9-10-11-12-13-14-15-16-17-18-20(22)19-21(23)24-2/h7-8,10-11,20,22H,3-6,9,12-19H2,1-2H3/b8-7-,11-10-/t20-/m1/s1. The molecule has 0 unspecified atom stereocenters. The molecule has 0 aromatic rings. The van der Waals surface area contributed by atoms with Crippen LogP contribution in [-0.4, -0.2) is 24.3 Å². The Kier molecular flexibility index (Phi) is 17.4. The van der Waals surface area contributed by atoms with E-state index in [1.807, 2.05) is 0 Å². The smallest absolute Gasteiger partial charge is 0.308 e. The van der Waals surface area contributed by atoms with E-state index in [-0.39, 0.29) is 12.4 Å². The molecule has 0 aliphatic heterocycles. The molecule has 0 amide bonds. The van der Waals surface area contributed by atoms with Crippen LogP contribution in [0.2, 0.25) is 0 Å². The van der Waals surface area contributed by atoms with E-state index < -0.39 is 6.10 Å². The number of methoxy groups -OCH3 is 1. The Balaban J connectivity index is 3.30. The molecule has 0 aromatic heterocycles. The number of carbonyl (C=O) groups is 1. The average molecular weight is 339 g/mol. The molecule has 1 N–H and O–H groups in total. The van der Waals surface area contributed by atoms with Crippen molar-refractivity contribution in [1.29, 1.82) is 0 Å². The normalized spacial score (nSPS) is 13.0. The summed E-state index contributed by atoms with van der Waals surface area (Å²) in [5.74, 6) is -0.329. The van der Waals surface area contributed by atoms with Gasteiger partial charge in [-0.2, -0.15) is 0 Å². The number of esters is 1. The summed E-state index contributed by atoms with van der Waals surface area (Å²) in [6.45, 7) is 2.24. The number of hydrogen-bond donors (Lipinski definition) is 1. The molecule has 0 aliphatic carbocycles. The Labute approximate surface area is 149 Å². The predicted octanol–water partition coefficient (Wildman–Crippen LogP) is 5.72. The molecule has 0 heterocycles. The van der Waals surface area contributed by atoms with Crippen LogP contribution in [0.15, 0.2) is 24.3 Å². The molecule has 1 atom stereocenters. The number of aliphatic hydroxyl groups excluding tert-OH is 1. The van der Waals surface area contributed by atoms with Crippen LogP contribution in [0.25, 0.3) is 0 Å². The minimum atomic E-state index is -0.546. The summed E-state index contributed by atoms with van der Waals surface area (Å²) in [5, 5.41) is 9.64. The molecule has 0 saturated carbocycles. The molecule has 0 rings (SSSR count). The van der Waals surface area contributed by atoms with E-state index in [0.717, 1.165) is 25.7 Å². The lowest BCUT2D eigenvalue weighted by Crippen LogP contribution is -2.14. The van der Waals surface area contributed by atoms with Crippen molar-refractivity contribution in [1.82, 2.24) is 0 Å². The van der Waals surface area contributed by atoms with E-state index in [1.165, 1.54) is 52.1 Å². The zero-order chi connectivity index (χ0) is 17.9. The average Bonchev–Trinajstić information content (AvgIpc) is 2.58. The van der Waals surface area contributed by atoms with Crippen molar-refractivity contribution in [3.8, 4) is 0 Å². The molecule has 0 fully saturated rings. The van der Waals surface area contributed by atoms with Gasteiger partial charge in [0.25, 0.3) is 0 Å². The number of hydrogen-bond acceptors (Lipinski definition) is 3. The number of rotatable bonds is 16. The SMILES string of the molecule is CCCCC/C=C\C/C=C\CCCCCCC[C@@H](O)CC(=O)OC. The maximum Gasteiger partial charge on any atom is 0.308 e. The van der Waals surface area contributed by atoms with Crippen LogP contribution in [0.1, 0.15) is 90.4 Å². The Morgan fingerprint density at radius 2 is 1.50 bits per heavy atom. The van der Waals surface area contributed by atoms with Crippen LogP contribution in [0.3, 0.4) is 0 Å². The monoisotopic (exact) mass is 338 g/mol. The van der Waals surface area contributed by atoms with Gasteiger partial charge >= 0.3 is 5.97 Å².